The standard InChI is InChI=1S/C26H26O5/c1-4-30-26-16-21(28-2)13-14-23(26)24(27)15-11-20-10-12-22(17-25(20)29-3)31-18-19-8-6-5-7-9-19/h5-17H,4,18H2,1-3H3. The molecule has 0 aromatic heterocycles. The monoisotopic (exact) mass is 418 g/mol. The minimum Gasteiger partial charge on any atom is -0.497 e. The van der Waals surface area contributed by atoms with Crippen molar-refractivity contribution in [2.75, 3.05) is 20.8 Å². The zero-order valence-electron chi connectivity index (χ0n) is 18.0. The molecule has 0 fully saturated rings. The van der Waals surface area contributed by atoms with Crippen LogP contribution in [0.3, 0.4) is 0 Å². The number of benzene rings is 3. The summed E-state index contributed by atoms with van der Waals surface area (Å²) >= 11 is 0. The number of methoxy groups -OCH3 is 2. The van der Waals surface area contributed by atoms with Crippen LogP contribution in [0.15, 0.2) is 72.8 Å². The van der Waals surface area contributed by atoms with Crippen molar-refractivity contribution in [3.8, 4) is 23.0 Å². The molecule has 0 saturated heterocycles. The molecule has 0 spiro atoms. The molecule has 0 aliphatic rings. The van der Waals surface area contributed by atoms with Gasteiger partial charge in [0.2, 0.25) is 0 Å². The second-order valence-corrected chi connectivity index (χ2v) is 6.67. The highest BCUT2D eigenvalue weighted by molar-refractivity contribution is 6.08. The van der Waals surface area contributed by atoms with E-state index in [0.717, 1.165) is 11.1 Å². The lowest BCUT2D eigenvalue weighted by molar-refractivity contribution is 0.104. The number of hydrogen-bond donors (Lipinski definition) is 0. The average Bonchev–Trinajstić information content (AvgIpc) is 2.82. The molecule has 0 bridgehead atoms. The molecule has 0 radical (unpaired) electrons. The summed E-state index contributed by atoms with van der Waals surface area (Å²) in [6.07, 6.45) is 3.23. The van der Waals surface area contributed by atoms with Gasteiger partial charge in [0.1, 0.15) is 29.6 Å². The fraction of sp³-hybridized carbons (Fsp3) is 0.192. The van der Waals surface area contributed by atoms with Crippen LogP contribution in [0.2, 0.25) is 0 Å². The lowest BCUT2D eigenvalue weighted by atomic mass is 10.1. The molecule has 160 valence electrons. The number of ketones is 1. The summed E-state index contributed by atoms with van der Waals surface area (Å²) in [4.78, 5) is 12.8. The van der Waals surface area contributed by atoms with E-state index in [4.69, 9.17) is 18.9 Å². The van der Waals surface area contributed by atoms with E-state index in [0.29, 0.717) is 41.8 Å². The van der Waals surface area contributed by atoms with E-state index in [1.165, 1.54) is 6.08 Å². The average molecular weight is 418 g/mol. The molecule has 0 heterocycles. The zero-order chi connectivity index (χ0) is 22.1. The number of hydrogen-bond acceptors (Lipinski definition) is 5. The molecule has 0 N–H and O–H groups in total. The third-order valence-electron chi connectivity index (χ3n) is 4.62. The van der Waals surface area contributed by atoms with Gasteiger partial charge in [0.25, 0.3) is 0 Å². The smallest absolute Gasteiger partial charge is 0.189 e. The highest BCUT2D eigenvalue weighted by Gasteiger charge is 2.12. The summed E-state index contributed by atoms with van der Waals surface area (Å²) in [7, 11) is 3.16. The Hall–Kier alpha value is -3.73. The van der Waals surface area contributed by atoms with Gasteiger partial charge in [-0.1, -0.05) is 30.3 Å². The van der Waals surface area contributed by atoms with Crippen molar-refractivity contribution in [3.05, 3.63) is 89.5 Å². The van der Waals surface area contributed by atoms with Gasteiger partial charge in [0.15, 0.2) is 5.78 Å². The van der Waals surface area contributed by atoms with Crippen molar-refractivity contribution in [2.24, 2.45) is 0 Å². The quantitative estimate of drug-likeness (QED) is 0.318. The van der Waals surface area contributed by atoms with Gasteiger partial charge in [-0.25, -0.2) is 0 Å². The van der Waals surface area contributed by atoms with E-state index in [-0.39, 0.29) is 5.78 Å². The van der Waals surface area contributed by atoms with Gasteiger partial charge in [-0.3, -0.25) is 4.79 Å². The Labute approximate surface area is 182 Å². The Morgan fingerprint density at radius 2 is 1.58 bits per heavy atom. The third kappa shape index (κ3) is 5.89. The van der Waals surface area contributed by atoms with E-state index in [2.05, 4.69) is 0 Å². The summed E-state index contributed by atoms with van der Waals surface area (Å²) in [5, 5.41) is 0. The fourth-order valence-corrected chi connectivity index (χ4v) is 3.02. The Morgan fingerprint density at radius 1 is 0.839 bits per heavy atom. The first kappa shape index (κ1) is 22.0. The lowest BCUT2D eigenvalue weighted by Gasteiger charge is -2.11. The Morgan fingerprint density at radius 3 is 2.29 bits per heavy atom. The lowest BCUT2D eigenvalue weighted by Crippen LogP contribution is -2.02. The molecule has 5 heteroatoms. The van der Waals surface area contributed by atoms with Crippen molar-refractivity contribution in [1.82, 2.24) is 0 Å². The van der Waals surface area contributed by atoms with Crippen LogP contribution in [0, 0.1) is 0 Å². The van der Waals surface area contributed by atoms with Crippen LogP contribution in [0.25, 0.3) is 6.08 Å². The summed E-state index contributed by atoms with van der Waals surface area (Å²) in [5.41, 5.74) is 2.33. The first-order chi connectivity index (χ1) is 15.1. The molecule has 31 heavy (non-hydrogen) atoms. The van der Waals surface area contributed by atoms with Crippen LogP contribution in [0.1, 0.15) is 28.4 Å². The maximum atomic E-state index is 12.8. The van der Waals surface area contributed by atoms with Crippen molar-refractivity contribution in [3.63, 3.8) is 0 Å². The van der Waals surface area contributed by atoms with Gasteiger partial charge in [-0.15, -0.1) is 0 Å². The highest BCUT2D eigenvalue weighted by atomic mass is 16.5. The summed E-state index contributed by atoms with van der Waals surface area (Å²) < 4.78 is 22.2. The van der Waals surface area contributed by atoms with E-state index < -0.39 is 0 Å². The molecule has 0 amide bonds. The Balaban J connectivity index is 1.75. The van der Waals surface area contributed by atoms with Gasteiger partial charge in [0.05, 0.1) is 26.4 Å². The second-order valence-electron chi connectivity index (χ2n) is 6.67. The fourth-order valence-electron chi connectivity index (χ4n) is 3.02. The van der Waals surface area contributed by atoms with Gasteiger partial charge >= 0.3 is 0 Å². The molecule has 5 nitrogen and oxygen atoms in total. The molecular weight excluding hydrogens is 392 g/mol. The largest absolute Gasteiger partial charge is 0.497 e. The predicted molar refractivity (Wildman–Crippen MR) is 121 cm³/mol. The van der Waals surface area contributed by atoms with Gasteiger partial charge < -0.3 is 18.9 Å². The minimum atomic E-state index is -0.169. The van der Waals surface area contributed by atoms with Crippen LogP contribution in [0.5, 0.6) is 23.0 Å². The van der Waals surface area contributed by atoms with Crippen molar-refractivity contribution in [1.29, 1.82) is 0 Å². The van der Waals surface area contributed by atoms with Crippen molar-refractivity contribution >= 4 is 11.9 Å². The first-order valence-corrected chi connectivity index (χ1v) is 10.0. The number of carbonyl (C=O) groups is 1. The van der Waals surface area contributed by atoms with Crippen LogP contribution < -0.4 is 18.9 Å². The third-order valence-corrected chi connectivity index (χ3v) is 4.62. The molecule has 0 saturated carbocycles. The Kier molecular flexibility index (Phi) is 7.71. The van der Waals surface area contributed by atoms with Gasteiger partial charge in [-0.05, 0) is 48.9 Å². The molecule has 0 unspecified atom stereocenters. The number of carbonyl (C=O) groups excluding carboxylic acids is 1. The van der Waals surface area contributed by atoms with E-state index in [1.807, 2.05) is 55.5 Å². The first-order valence-electron chi connectivity index (χ1n) is 10.0. The van der Waals surface area contributed by atoms with Gasteiger partial charge in [-0.2, -0.15) is 0 Å². The highest BCUT2D eigenvalue weighted by Crippen LogP contribution is 2.28. The predicted octanol–water partition coefficient (Wildman–Crippen LogP) is 5.58. The molecule has 3 rings (SSSR count). The minimum absolute atomic E-state index is 0.169. The molecule has 3 aromatic carbocycles. The summed E-state index contributed by atoms with van der Waals surface area (Å²) in [6.45, 7) is 2.79. The van der Waals surface area contributed by atoms with Crippen LogP contribution in [0.4, 0.5) is 0 Å². The number of ether oxygens (including phenoxy) is 4. The normalized spacial score (nSPS) is 10.7. The van der Waals surface area contributed by atoms with Crippen LogP contribution >= 0.6 is 0 Å². The summed E-state index contributed by atoms with van der Waals surface area (Å²) in [5.74, 6) is 2.27. The maximum Gasteiger partial charge on any atom is 0.189 e. The molecule has 0 aliphatic carbocycles. The molecular formula is C26H26O5. The van der Waals surface area contributed by atoms with Crippen molar-refractivity contribution < 1.29 is 23.7 Å². The van der Waals surface area contributed by atoms with E-state index in [1.54, 1.807) is 38.5 Å². The van der Waals surface area contributed by atoms with Crippen LogP contribution in [-0.2, 0) is 6.61 Å². The SMILES string of the molecule is CCOc1cc(OC)ccc1C(=O)C=Cc1ccc(OCc2ccccc2)cc1OC. The van der Waals surface area contributed by atoms with Crippen LogP contribution in [-0.4, -0.2) is 26.6 Å². The topological polar surface area (TPSA) is 54.0 Å². The maximum absolute atomic E-state index is 12.8. The molecule has 0 atom stereocenters. The number of rotatable bonds is 10. The number of allylic oxidation sites excluding steroid dienone is 1. The summed E-state index contributed by atoms with van der Waals surface area (Å²) in [6, 6.07) is 20.6. The zero-order valence-corrected chi connectivity index (χ0v) is 18.0. The molecule has 0 aliphatic heterocycles. The van der Waals surface area contributed by atoms with Crippen molar-refractivity contribution in [2.45, 2.75) is 13.5 Å². The Bertz CT molecular complexity index is 1040. The molecule has 3 aromatic rings. The van der Waals surface area contributed by atoms with E-state index in [9.17, 15) is 4.79 Å². The van der Waals surface area contributed by atoms with Gasteiger partial charge in [0, 0.05) is 17.7 Å². The van der Waals surface area contributed by atoms with E-state index >= 15 is 0 Å². The second kappa shape index (κ2) is 10.9.